The van der Waals surface area contributed by atoms with Gasteiger partial charge in [0.2, 0.25) is 6.41 Å². The number of likely N-dealkylation sites (tertiary alicyclic amines) is 1. The number of carbonyl (C=O) groups is 2. The second-order valence-corrected chi connectivity index (χ2v) is 9.61. The molecule has 0 spiro atoms. The monoisotopic (exact) mass is 580 g/mol. The zero-order valence-electron chi connectivity index (χ0n) is 22.0. The van der Waals surface area contributed by atoms with Crippen LogP contribution in [0.4, 0.5) is 17.6 Å². The van der Waals surface area contributed by atoms with Crippen LogP contribution in [0.25, 0.3) is 11.3 Å². The summed E-state index contributed by atoms with van der Waals surface area (Å²) in [5, 5.41) is 1.00. The number of aromatic nitrogens is 2. The Labute approximate surface area is 234 Å². The average molecular weight is 581 g/mol. The fraction of sp³-hybridized carbons (Fsp3) is 0.357. The molecule has 0 bridgehead atoms. The van der Waals surface area contributed by atoms with Gasteiger partial charge in [-0.25, -0.2) is 27.4 Å². The van der Waals surface area contributed by atoms with Crippen LogP contribution in [-0.2, 0) is 4.79 Å². The normalized spacial score (nSPS) is 14.1. The molecule has 0 aliphatic carbocycles. The van der Waals surface area contributed by atoms with E-state index in [1.54, 1.807) is 12.1 Å². The van der Waals surface area contributed by atoms with Crippen molar-refractivity contribution in [1.82, 2.24) is 14.6 Å². The van der Waals surface area contributed by atoms with Gasteiger partial charge in [-0.1, -0.05) is 12.1 Å². The number of aryl methyl sites for hydroxylation is 1. The molecule has 1 amide bonds. The molecule has 1 aliphatic rings. The molecule has 1 aromatic heterocycles. The zero-order chi connectivity index (χ0) is 28.3. The van der Waals surface area contributed by atoms with Crippen LogP contribution in [-0.4, -0.2) is 52.9 Å². The lowest BCUT2D eigenvalue weighted by atomic mass is 9.89. The van der Waals surface area contributed by atoms with E-state index in [0.717, 1.165) is 41.2 Å². The van der Waals surface area contributed by atoms with Gasteiger partial charge in [-0.3, -0.25) is 9.59 Å². The molecule has 4 rings (SSSR count). The molecule has 40 heavy (non-hydrogen) atoms. The lowest BCUT2D eigenvalue weighted by Gasteiger charge is -2.32. The number of ketones is 1. The first-order valence-corrected chi connectivity index (χ1v) is 12.6. The van der Waals surface area contributed by atoms with Gasteiger partial charge in [-0.2, -0.15) is 9.66 Å². The van der Waals surface area contributed by atoms with E-state index in [9.17, 15) is 31.9 Å². The lowest BCUT2D eigenvalue weighted by Crippen LogP contribution is -2.46. The smallest absolute Gasteiger partial charge is 0.303 e. The zero-order valence-corrected chi connectivity index (χ0v) is 22.8. The minimum Gasteiger partial charge on any atom is -0.303 e. The largest absolute Gasteiger partial charge is 0.367 e. The van der Waals surface area contributed by atoms with Crippen molar-refractivity contribution in [3.63, 3.8) is 0 Å². The number of rotatable bonds is 9. The van der Waals surface area contributed by atoms with Gasteiger partial charge in [-0.05, 0) is 88.5 Å². The van der Waals surface area contributed by atoms with Crippen LogP contribution < -0.4 is 10.7 Å². The Balaban J connectivity index is 0.00000441. The standard InChI is InChI=1S/C28H28F4N4O3.ClH/c1-17-25(18(2)38)27(21-14-23(30)26(32)24(31)15-21)36(28(39)33-17)35(16-37)11-3-10-34-12-8-20(9-13-34)19-4-6-22(29)7-5-19;/h4-7,14-16,20H,3,8-13H2,1-2H3;1H. The number of halogens is 5. The van der Waals surface area contributed by atoms with Crippen molar-refractivity contribution < 1.29 is 27.2 Å². The van der Waals surface area contributed by atoms with Gasteiger partial charge in [0.05, 0.1) is 17.0 Å². The first kappa shape index (κ1) is 31.0. The molecular weight excluding hydrogens is 552 g/mol. The fourth-order valence-corrected chi connectivity index (χ4v) is 5.12. The molecule has 0 atom stereocenters. The number of amides is 1. The molecule has 0 unspecified atom stereocenters. The highest BCUT2D eigenvalue weighted by molar-refractivity contribution is 6.01. The Kier molecular flexibility index (Phi) is 10.2. The molecule has 2 aromatic carbocycles. The van der Waals surface area contributed by atoms with E-state index in [-0.39, 0.29) is 47.3 Å². The summed E-state index contributed by atoms with van der Waals surface area (Å²) in [7, 11) is 0. The molecule has 2 heterocycles. The van der Waals surface area contributed by atoms with Gasteiger partial charge >= 0.3 is 5.69 Å². The maximum Gasteiger partial charge on any atom is 0.367 e. The van der Waals surface area contributed by atoms with Crippen LogP contribution in [0.15, 0.2) is 41.2 Å². The predicted octanol–water partition coefficient (Wildman–Crippen LogP) is 4.76. The van der Waals surface area contributed by atoms with Gasteiger partial charge in [0.1, 0.15) is 5.82 Å². The van der Waals surface area contributed by atoms with Crippen molar-refractivity contribution in [3.05, 3.63) is 87.0 Å². The topological polar surface area (TPSA) is 75.5 Å². The molecule has 214 valence electrons. The van der Waals surface area contributed by atoms with Gasteiger partial charge in [0, 0.05) is 12.1 Å². The summed E-state index contributed by atoms with van der Waals surface area (Å²) < 4.78 is 56.0. The Hall–Kier alpha value is -3.57. The van der Waals surface area contributed by atoms with Gasteiger partial charge < -0.3 is 4.90 Å². The Morgan fingerprint density at radius 3 is 2.23 bits per heavy atom. The van der Waals surface area contributed by atoms with Crippen LogP contribution in [0.5, 0.6) is 0 Å². The molecule has 12 heteroatoms. The van der Waals surface area contributed by atoms with E-state index in [4.69, 9.17) is 0 Å². The molecule has 7 nitrogen and oxygen atoms in total. The highest BCUT2D eigenvalue weighted by atomic mass is 35.5. The minimum absolute atomic E-state index is 0. The van der Waals surface area contributed by atoms with E-state index in [1.807, 2.05) is 0 Å². The first-order chi connectivity index (χ1) is 18.6. The highest BCUT2D eigenvalue weighted by Crippen LogP contribution is 2.29. The third-order valence-corrected chi connectivity index (χ3v) is 7.03. The van der Waals surface area contributed by atoms with E-state index < -0.39 is 28.9 Å². The number of hydrogen-bond acceptors (Lipinski definition) is 5. The highest BCUT2D eigenvalue weighted by Gasteiger charge is 2.26. The third-order valence-electron chi connectivity index (χ3n) is 7.03. The Bertz CT molecular complexity index is 1420. The molecule has 1 aliphatic heterocycles. The molecule has 0 saturated carbocycles. The van der Waals surface area contributed by atoms with E-state index >= 15 is 0 Å². The van der Waals surface area contributed by atoms with Crippen molar-refractivity contribution in [1.29, 1.82) is 0 Å². The molecule has 0 radical (unpaired) electrons. The molecule has 1 fully saturated rings. The van der Waals surface area contributed by atoms with E-state index in [2.05, 4.69) is 9.88 Å². The first-order valence-electron chi connectivity index (χ1n) is 12.6. The van der Waals surface area contributed by atoms with Crippen LogP contribution in [0.3, 0.4) is 0 Å². The quantitative estimate of drug-likeness (QED) is 0.158. The average Bonchev–Trinajstić information content (AvgIpc) is 2.90. The van der Waals surface area contributed by atoms with Gasteiger partial charge in [0.25, 0.3) is 0 Å². The summed E-state index contributed by atoms with van der Waals surface area (Å²) in [6.45, 7) is 4.82. The number of carbonyl (C=O) groups excluding carboxylic acids is 2. The number of benzene rings is 2. The predicted molar refractivity (Wildman–Crippen MR) is 144 cm³/mol. The maximum atomic E-state index is 14.1. The second kappa shape index (κ2) is 13.2. The summed E-state index contributed by atoms with van der Waals surface area (Å²) in [6, 6.07) is 7.86. The van der Waals surface area contributed by atoms with Crippen molar-refractivity contribution in [2.45, 2.75) is 39.0 Å². The van der Waals surface area contributed by atoms with Gasteiger partial charge in [0.15, 0.2) is 23.2 Å². The van der Waals surface area contributed by atoms with Crippen molar-refractivity contribution in [2.75, 3.05) is 31.2 Å². The SMILES string of the molecule is CC(=O)c1c(C)nc(=O)n(N(C=O)CCCN2CCC(c3ccc(F)cc3)CC2)c1-c1cc(F)c(F)c(F)c1.Cl. The van der Waals surface area contributed by atoms with Crippen LogP contribution in [0.1, 0.15) is 53.7 Å². The van der Waals surface area contributed by atoms with Crippen LogP contribution in [0.2, 0.25) is 0 Å². The summed E-state index contributed by atoms with van der Waals surface area (Å²) in [5.41, 5.74) is -0.464. The van der Waals surface area contributed by atoms with Crippen molar-refractivity contribution in [2.24, 2.45) is 0 Å². The summed E-state index contributed by atoms with van der Waals surface area (Å²) in [5.74, 6) is -5.20. The molecule has 0 N–H and O–H groups in total. The number of Topliss-reactive ketones (excluding diaryl/α,β-unsaturated/α-hetero) is 1. The lowest BCUT2D eigenvalue weighted by molar-refractivity contribution is -0.108. The number of nitrogens with zero attached hydrogens (tertiary/aromatic N) is 4. The van der Waals surface area contributed by atoms with Crippen molar-refractivity contribution in [3.8, 4) is 11.3 Å². The number of hydrogen-bond donors (Lipinski definition) is 0. The molecule has 3 aromatic rings. The maximum absolute atomic E-state index is 14.1. The Morgan fingerprint density at radius 2 is 1.68 bits per heavy atom. The second-order valence-electron chi connectivity index (χ2n) is 9.61. The summed E-state index contributed by atoms with van der Waals surface area (Å²) >= 11 is 0. The molecular formula is C28H29ClF4N4O3. The summed E-state index contributed by atoms with van der Waals surface area (Å²) in [6.07, 6.45) is 2.60. The van der Waals surface area contributed by atoms with Crippen LogP contribution >= 0.6 is 12.4 Å². The molecule has 1 saturated heterocycles. The van der Waals surface area contributed by atoms with Crippen molar-refractivity contribution >= 4 is 24.6 Å². The Morgan fingerprint density at radius 1 is 1.07 bits per heavy atom. The number of piperidine rings is 1. The van der Waals surface area contributed by atoms with E-state index in [0.29, 0.717) is 37.4 Å². The minimum atomic E-state index is -1.70. The van der Waals surface area contributed by atoms with E-state index in [1.165, 1.54) is 26.0 Å². The third kappa shape index (κ3) is 6.59. The van der Waals surface area contributed by atoms with Gasteiger partial charge in [-0.15, -0.1) is 12.4 Å². The van der Waals surface area contributed by atoms with Crippen LogP contribution in [0, 0.1) is 30.2 Å². The summed E-state index contributed by atoms with van der Waals surface area (Å²) in [4.78, 5) is 43.6. The fourth-order valence-electron chi connectivity index (χ4n) is 5.12.